The average Bonchev–Trinajstić information content (AvgIpc) is 3.00. The SMILES string of the molecule is CCNC(Cc1ccc(Cl)c(F)c1)C1CC2CC2C1. The maximum atomic E-state index is 13.5. The Kier molecular flexibility index (Phi) is 3.81. The molecule has 1 nitrogen and oxygen atoms in total. The third kappa shape index (κ3) is 2.95. The minimum Gasteiger partial charge on any atom is -0.314 e. The smallest absolute Gasteiger partial charge is 0.142 e. The molecular weight excluding hydrogens is 261 g/mol. The summed E-state index contributed by atoms with van der Waals surface area (Å²) in [5, 5.41) is 3.81. The van der Waals surface area contributed by atoms with Gasteiger partial charge in [-0.1, -0.05) is 24.6 Å². The van der Waals surface area contributed by atoms with Gasteiger partial charge >= 0.3 is 0 Å². The summed E-state index contributed by atoms with van der Waals surface area (Å²) in [7, 11) is 0. The van der Waals surface area contributed by atoms with Gasteiger partial charge in [-0.3, -0.25) is 0 Å². The molecule has 3 heteroatoms. The number of rotatable bonds is 5. The highest BCUT2D eigenvalue weighted by molar-refractivity contribution is 6.30. The van der Waals surface area contributed by atoms with E-state index in [2.05, 4.69) is 12.2 Å². The van der Waals surface area contributed by atoms with Crippen molar-refractivity contribution in [3.05, 3.63) is 34.6 Å². The molecule has 3 atom stereocenters. The van der Waals surface area contributed by atoms with E-state index in [4.69, 9.17) is 11.6 Å². The molecule has 1 aromatic rings. The molecule has 19 heavy (non-hydrogen) atoms. The predicted octanol–water partition coefficient (Wildman–Crippen LogP) is 4.05. The Hall–Kier alpha value is -0.600. The highest BCUT2D eigenvalue weighted by Crippen LogP contribution is 2.55. The normalized spacial score (nSPS) is 30.2. The van der Waals surface area contributed by atoms with E-state index in [1.807, 2.05) is 6.07 Å². The molecule has 0 spiro atoms. The first kappa shape index (κ1) is 13.4. The van der Waals surface area contributed by atoms with Gasteiger partial charge in [-0.25, -0.2) is 4.39 Å². The molecule has 0 saturated heterocycles. The first-order chi connectivity index (χ1) is 9.17. The highest BCUT2D eigenvalue weighted by atomic mass is 35.5. The van der Waals surface area contributed by atoms with Gasteiger partial charge in [0.25, 0.3) is 0 Å². The van der Waals surface area contributed by atoms with Crippen LogP contribution in [0.3, 0.4) is 0 Å². The molecule has 104 valence electrons. The van der Waals surface area contributed by atoms with Crippen LogP contribution in [0.5, 0.6) is 0 Å². The first-order valence-electron chi connectivity index (χ1n) is 7.34. The van der Waals surface area contributed by atoms with Crippen LogP contribution in [-0.2, 0) is 6.42 Å². The molecule has 0 aromatic heterocycles. The number of benzene rings is 1. The summed E-state index contributed by atoms with van der Waals surface area (Å²) < 4.78 is 13.5. The Bertz CT molecular complexity index is 452. The Balaban J connectivity index is 1.68. The summed E-state index contributed by atoms with van der Waals surface area (Å²) in [6, 6.07) is 5.69. The van der Waals surface area contributed by atoms with Crippen LogP contribution in [0.4, 0.5) is 4.39 Å². The third-order valence-electron chi connectivity index (χ3n) is 4.76. The van der Waals surface area contributed by atoms with E-state index in [1.54, 1.807) is 12.1 Å². The lowest BCUT2D eigenvalue weighted by molar-refractivity contribution is 0.337. The van der Waals surface area contributed by atoms with Crippen LogP contribution in [0.1, 0.15) is 31.7 Å². The van der Waals surface area contributed by atoms with Crippen molar-refractivity contribution in [3.63, 3.8) is 0 Å². The van der Waals surface area contributed by atoms with Gasteiger partial charge in [0.05, 0.1) is 5.02 Å². The lowest BCUT2D eigenvalue weighted by Gasteiger charge is -2.26. The van der Waals surface area contributed by atoms with Crippen molar-refractivity contribution in [1.82, 2.24) is 5.32 Å². The molecule has 2 saturated carbocycles. The zero-order valence-corrected chi connectivity index (χ0v) is 12.1. The van der Waals surface area contributed by atoms with Gasteiger partial charge in [0, 0.05) is 6.04 Å². The molecule has 3 rings (SSSR count). The van der Waals surface area contributed by atoms with Crippen LogP contribution < -0.4 is 5.32 Å². The van der Waals surface area contributed by atoms with Crippen molar-refractivity contribution in [2.24, 2.45) is 17.8 Å². The van der Waals surface area contributed by atoms with Gasteiger partial charge < -0.3 is 5.32 Å². The standard InChI is InChI=1S/C16H21ClFN/c1-2-19-16(13-8-11-7-12(11)9-13)6-10-3-4-14(17)15(18)5-10/h3-5,11-13,16,19H,2,6-9H2,1H3. The van der Waals surface area contributed by atoms with Gasteiger partial charge in [0.1, 0.15) is 5.82 Å². The van der Waals surface area contributed by atoms with Gasteiger partial charge in [-0.2, -0.15) is 0 Å². The fraction of sp³-hybridized carbons (Fsp3) is 0.625. The van der Waals surface area contributed by atoms with E-state index in [0.29, 0.717) is 6.04 Å². The van der Waals surface area contributed by atoms with Crippen LogP contribution >= 0.6 is 11.6 Å². The average molecular weight is 282 g/mol. The minimum absolute atomic E-state index is 0.214. The lowest BCUT2D eigenvalue weighted by atomic mass is 9.89. The number of hydrogen-bond acceptors (Lipinski definition) is 1. The summed E-state index contributed by atoms with van der Waals surface area (Å²) in [6.07, 6.45) is 5.08. The maximum Gasteiger partial charge on any atom is 0.142 e. The van der Waals surface area contributed by atoms with Gasteiger partial charge in [0.15, 0.2) is 0 Å². The van der Waals surface area contributed by atoms with Crippen molar-refractivity contribution in [2.45, 2.75) is 38.6 Å². The minimum atomic E-state index is -0.302. The molecule has 1 N–H and O–H groups in total. The lowest BCUT2D eigenvalue weighted by Crippen LogP contribution is -2.37. The number of hydrogen-bond donors (Lipinski definition) is 1. The number of nitrogens with one attached hydrogen (secondary N) is 1. The Morgan fingerprint density at radius 3 is 2.68 bits per heavy atom. The summed E-state index contributed by atoms with van der Waals surface area (Å²) in [5.74, 6) is 2.45. The van der Waals surface area contributed by atoms with E-state index in [-0.39, 0.29) is 10.8 Å². The van der Waals surface area contributed by atoms with Crippen molar-refractivity contribution in [1.29, 1.82) is 0 Å². The molecule has 0 aliphatic heterocycles. The van der Waals surface area contributed by atoms with Crippen molar-refractivity contribution in [2.75, 3.05) is 6.54 Å². The fourth-order valence-electron chi connectivity index (χ4n) is 3.68. The van der Waals surface area contributed by atoms with E-state index >= 15 is 0 Å². The molecule has 2 fully saturated rings. The number of halogens is 2. The third-order valence-corrected chi connectivity index (χ3v) is 5.06. The van der Waals surface area contributed by atoms with E-state index in [9.17, 15) is 4.39 Å². The van der Waals surface area contributed by atoms with Crippen molar-refractivity contribution in [3.8, 4) is 0 Å². The Morgan fingerprint density at radius 2 is 2.05 bits per heavy atom. The molecule has 0 bridgehead atoms. The van der Waals surface area contributed by atoms with Crippen LogP contribution in [0.25, 0.3) is 0 Å². The topological polar surface area (TPSA) is 12.0 Å². The summed E-state index contributed by atoms with van der Waals surface area (Å²) in [5.41, 5.74) is 1.05. The molecule has 3 unspecified atom stereocenters. The molecule has 0 heterocycles. The van der Waals surface area contributed by atoms with Crippen molar-refractivity contribution >= 4 is 11.6 Å². The molecule has 1 aromatic carbocycles. The molecule has 0 radical (unpaired) electrons. The number of fused-ring (bicyclic) bond motifs is 1. The van der Waals surface area contributed by atoms with Gasteiger partial charge in [-0.05, 0) is 67.7 Å². The Labute approximate surface area is 119 Å². The van der Waals surface area contributed by atoms with E-state index < -0.39 is 0 Å². The van der Waals surface area contributed by atoms with Crippen LogP contribution in [-0.4, -0.2) is 12.6 Å². The first-order valence-corrected chi connectivity index (χ1v) is 7.72. The fourth-order valence-corrected chi connectivity index (χ4v) is 3.80. The zero-order valence-electron chi connectivity index (χ0n) is 11.3. The monoisotopic (exact) mass is 281 g/mol. The van der Waals surface area contributed by atoms with E-state index in [1.165, 1.54) is 19.3 Å². The van der Waals surface area contributed by atoms with E-state index in [0.717, 1.165) is 36.3 Å². The summed E-state index contributed by atoms with van der Waals surface area (Å²) >= 11 is 5.74. The largest absolute Gasteiger partial charge is 0.314 e. The van der Waals surface area contributed by atoms with Gasteiger partial charge in [-0.15, -0.1) is 0 Å². The maximum absolute atomic E-state index is 13.5. The molecular formula is C16H21ClFN. The predicted molar refractivity (Wildman–Crippen MR) is 76.9 cm³/mol. The Morgan fingerprint density at radius 1 is 1.32 bits per heavy atom. The van der Waals surface area contributed by atoms with Crippen LogP contribution in [0.15, 0.2) is 18.2 Å². The van der Waals surface area contributed by atoms with Crippen LogP contribution in [0.2, 0.25) is 5.02 Å². The highest BCUT2D eigenvalue weighted by Gasteiger charge is 2.47. The summed E-state index contributed by atoms with van der Waals surface area (Å²) in [6.45, 7) is 3.12. The summed E-state index contributed by atoms with van der Waals surface area (Å²) in [4.78, 5) is 0. The number of likely N-dealkylation sites (N-methyl/N-ethyl adjacent to an activating group) is 1. The second-order valence-electron chi connectivity index (χ2n) is 6.10. The second kappa shape index (κ2) is 5.41. The van der Waals surface area contributed by atoms with Crippen molar-refractivity contribution < 1.29 is 4.39 Å². The molecule has 0 amide bonds. The van der Waals surface area contributed by atoms with Crippen LogP contribution in [0, 0.1) is 23.6 Å². The zero-order chi connectivity index (χ0) is 13.4. The second-order valence-corrected chi connectivity index (χ2v) is 6.51. The molecule has 2 aliphatic rings. The quantitative estimate of drug-likeness (QED) is 0.859. The van der Waals surface area contributed by atoms with Gasteiger partial charge in [0.2, 0.25) is 0 Å². The molecule has 2 aliphatic carbocycles.